The molecule has 0 saturated carbocycles. The van der Waals surface area contributed by atoms with Crippen LogP contribution in [0.1, 0.15) is 12.5 Å². The predicted octanol–water partition coefficient (Wildman–Crippen LogP) is 0.897. The Bertz CT molecular complexity index is 348. The highest BCUT2D eigenvalue weighted by Gasteiger charge is 2.09. The smallest absolute Gasteiger partial charge is 0.252 e. The van der Waals surface area contributed by atoms with Crippen molar-refractivity contribution in [2.24, 2.45) is 0 Å². The zero-order valence-electron chi connectivity index (χ0n) is 8.24. The number of carbonyl (C=O) groups excluding carboxylic acids is 1. The molecule has 0 radical (unpaired) electrons. The van der Waals surface area contributed by atoms with E-state index in [2.05, 4.69) is 5.32 Å². The highest BCUT2D eigenvalue weighted by Crippen LogP contribution is 2.18. The maximum Gasteiger partial charge on any atom is 0.252 e. The minimum atomic E-state index is -1.02. The quantitative estimate of drug-likeness (QED) is 0.612. The van der Waals surface area contributed by atoms with Crippen LogP contribution in [0.3, 0.4) is 0 Å². The molecule has 0 bridgehead atoms. The first-order chi connectivity index (χ1) is 6.50. The second kappa shape index (κ2) is 4.11. The molecule has 0 heterocycles. The van der Waals surface area contributed by atoms with Gasteiger partial charge in [0.2, 0.25) is 0 Å². The van der Waals surface area contributed by atoms with E-state index in [1.807, 2.05) is 13.0 Å². The van der Waals surface area contributed by atoms with Crippen LogP contribution in [-0.4, -0.2) is 17.1 Å². The largest absolute Gasteiger partial charge is 0.399 e. The van der Waals surface area contributed by atoms with E-state index < -0.39 is 12.0 Å². The summed E-state index contributed by atoms with van der Waals surface area (Å²) in [4.78, 5) is 11.2. The van der Waals surface area contributed by atoms with E-state index in [-0.39, 0.29) is 0 Å². The number of hydrogen-bond acceptors (Lipinski definition) is 3. The van der Waals surface area contributed by atoms with Crippen molar-refractivity contribution in [2.45, 2.75) is 20.0 Å². The molecule has 76 valence electrons. The standard InChI is InChI=1S/C10H14N2O2/c1-6-3-4-8(11)5-9(6)12-10(14)7(2)13/h3-5,7,13H,11H2,1-2H3,(H,12,14). The fourth-order valence-electron chi connectivity index (χ4n) is 1.01. The average Bonchev–Trinajstić information content (AvgIpc) is 2.11. The van der Waals surface area contributed by atoms with Crippen molar-refractivity contribution in [1.82, 2.24) is 0 Å². The molecular formula is C10H14N2O2. The van der Waals surface area contributed by atoms with Gasteiger partial charge < -0.3 is 16.2 Å². The lowest BCUT2D eigenvalue weighted by Crippen LogP contribution is -2.24. The molecule has 0 saturated heterocycles. The van der Waals surface area contributed by atoms with Crippen LogP contribution in [0.15, 0.2) is 18.2 Å². The van der Waals surface area contributed by atoms with Crippen LogP contribution in [0.2, 0.25) is 0 Å². The van der Waals surface area contributed by atoms with Crippen molar-refractivity contribution in [2.75, 3.05) is 11.1 Å². The number of aliphatic hydroxyl groups is 1. The van der Waals surface area contributed by atoms with Gasteiger partial charge in [0, 0.05) is 11.4 Å². The summed E-state index contributed by atoms with van der Waals surface area (Å²) < 4.78 is 0. The number of aryl methyl sites for hydroxylation is 1. The third kappa shape index (κ3) is 2.47. The van der Waals surface area contributed by atoms with Gasteiger partial charge in [-0.3, -0.25) is 4.79 Å². The molecule has 0 aliphatic rings. The van der Waals surface area contributed by atoms with Crippen molar-refractivity contribution in [3.8, 4) is 0 Å². The minimum absolute atomic E-state index is 0.432. The Labute approximate surface area is 82.7 Å². The van der Waals surface area contributed by atoms with E-state index in [0.717, 1.165) is 5.56 Å². The fraction of sp³-hybridized carbons (Fsp3) is 0.300. The highest BCUT2D eigenvalue weighted by atomic mass is 16.3. The van der Waals surface area contributed by atoms with Gasteiger partial charge in [-0.05, 0) is 31.5 Å². The Kier molecular flexibility index (Phi) is 3.09. The third-order valence-electron chi connectivity index (χ3n) is 1.90. The second-order valence-electron chi connectivity index (χ2n) is 3.24. The summed E-state index contributed by atoms with van der Waals surface area (Å²) in [5.74, 6) is -0.432. The minimum Gasteiger partial charge on any atom is -0.399 e. The van der Waals surface area contributed by atoms with Crippen molar-refractivity contribution in [1.29, 1.82) is 0 Å². The Morgan fingerprint density at radius 2 is 2.21 bits per heavy atom. The molecule has 1 rings (SSSR count). The number of amides is 1. The molecule has 14 heavy (non-hydrogen) atoms. The number of hydrogen-bond donors (Lipinski definition) is 3. The molecule has 0 aromatic heterocycles. The van der Waals surface area contributed by atoms with Gasteiger partial charge in [0.25, 0.3) is 5.91 Å². The van der Waals surface area contributed by atoms with E-state index >= 15 is 0 Å². The lowest BCUT2D eigenvalue weighted by Gasteiger charge is -2.10. The molecule has 0 fully saturated rings. The van der Waals surface area contributed by atoms with Crippen LogP contribution in [0.25, 0.3) is 0 Å². The van der Waals surface area contributed by atoms with Crippen molar-refractivity contribution < 1.29 is 9.90 Å². The van der Waals surface area contributed by atoms with E-state index in [4.69, 9.17) is 10.8 Å². The normalized spacial score (nSPS) is 12.2. The number of benzene rings is 1. The summed E-state index contributed by atoms with van der Waals surface area (Å²) in [6.07, 6.45) is -1.02. The van der Waals surface area contributed by atoms with Crippen LogP contribution in [0, 0.1) is 6.92 Å². The van der Waals surface area contributed by atoms with Gasteiger partial charge in [-0.1, -0.05) is 6.07 Å². The summed E-state index contributed by atoms with van der Waals surface area (Å²) >= 11 is 0. The van der Waals surface area contributed by atoms with Gasteiger partial charge >= 0.3 is 0 Å². The number of carbonyl (C=O) groups is 1. The van der Waals surface area contributed by atoms with Gasteiger partial charge in [-0.15, -0.1) is 0 Å². The third-order valence-corrected chi connectivity index (χ3v) is 1.90. The number of nitrogen functional groups attached to an aromatic ring is 1. The topological polar surface area (TPSA) is 75.3 Å². The van der Waals surface area contributed by atoms with Crippen LogP contribution < -0.4 is 11.1 Å². The lowest BCUT2D eigenvalue weighted by molar-refractivity contribution is -0.123. The monoisotopic (exact) mass is 194 g/mol. The maximum atomic E-state index is 11.2. The number of aliphatic hydroxyl groups excluding tert-OH is 1. The Morgan fingerprint density at radius 1 is 1.57 bits per heavy atom. The number of rotatable bonds is 2. The highest BCUT2D eigenvalue weighted by molar-refractivity contribution is 5.94. The zero-order chi connectivity index (χ0) is 10.7. The first kappa shape index (κ1) is 10.5. The molecule has 1 amide bonds. The first-order valence-electron chi connectivity index (χ1n) is 4.36. The van der Waals surface area contributed by atoms with Crippen molar-refractivity contribution >= 4 is 17.3 Å². The summed E-state index contributed by atoms with van der Waals surface area (Å²) in [5.41, 5.74) is 7.69. The molecule has 0 aliphatic heterocycles. The van der Waals surface area contributed by atoms with Crippen LogP contribution in [0.5, 0.6) is 0 Å². The van der Waals surface area contributed by atoms with E-state index in [9.17, 15) is 4.79 Å². The van der Waals surface area contributed by atoms with Gasteiger partial charge in [0.05, 0.1) is 0 Å². The molecule has 1 aromatic rings. The van der Waals surface area contributed by atoms with Gasteiger partial charge in [-0.2, -0.15) is 0 Å². The molecular weight excluding hydrogens is 180 g/mol. The molecule has 4 heteroatoms. The van der Waals surface area contributed by atoms with Crippen LogP contribution in [0.4, 0.5) is 11.4 Å². The number of nitrogens with one attached hydrogen (secondary N) is 1. The van der Waals surface area contributed by atoms with Crippen LogP contribution >= 0.6 is 0 Å². The first-order valence-corrected chi connectivity index (χ1v) is 4.36. The zero-order valence-corrected chi connectivity index (χ0v) is 8.24. The average molecular weight is 194 g/mol. The molecule has 4 nitrogen and oxygen atoms in total. The Hall–Kier alpha value is -1.55. The molecule has 1 unspecified atom stereocenters. The molecule has 1 atom stereocenters. The summed E-state index contributed by atoms with van der Waals surface area (Å²) in [6, 6.07) is 5.23. The SMILES string of the molecule is Cc1ccc(N)cc1NC(=O)C(C)O. The van der Waals surface area contributed by atoms with E-state index in [1.165, 1.54) is 6.92 Å². The van der Waals surface area contributed by atoms with Gasteiger partial charge in [0.15, 0.2) is 0 Å². The molecule has 1 aromatic carbocycles. The van der Waals surface area contributed by atoms with Gasteiger partial charge in [0.1, 0.15) is 6.10 Å². The van der Waals surface area contributed by atoms with E-state index in [1.54, 1.807) is 12.1 Å². The summed E-state index contributed by atoms with van der Waals surface area (Å²) in [6.45, 7) is 3.27. The number of anilines is 2. The van der Waals surface area contributed by atoms with E-state index in [0.29, 0.717) is 11.4 Å². The molecule has 0 aliphatic carbocycles. The summed E-state index contributed by atoms with van der Waals surface area (Å²) in [7, 11) is 0. The lowest BCUT2D eigenvalue weighted by atomic mass is 10.2. The van der Waals surface area contributed by atoms with Gasteiger partial charge in [-0.25, -0.2) is 0 Å². The van der Waals surface area contributed by atoms with Crippen molar-refractivity contribution in [3.05, 3.63) is 23.8 Å². The summed E-state index contributed by atoms with van der Waals surface area (Å²) in [5, 5.41) is 11.6. The Balaban J connectivity index is 2.86. The molecule has 0 spiro atoms. The maximum absolute atomic E-state index is 11.2. The second-order valence-corrected chi connectivity index (χ2v) is 3.24. The van der Waals surface area contributed by atoms with Crippen LogP contribution in [-0.2, 0) is 4.79 Å². The van der Waals surface area contributed by atoms with Crippen molar-refractivity contribution in [3.63, 3.8) is 0 Å². The molecule has 4 N–H and O–H groups in total. The number of nitrogens with two attached hydrogens (primary N) is 1. The fourth-order valence-corrected chi connectivity index (χ4v) is 1.01. The Morgan fingerprint density at radius 3 is 2.79 bits per heavy atom. The predicted molar refractivity (Wildman–Crippen MR) is 55.9 cm³/mol.